The molecule has 6 heteroatoms. The number of halogens is 2. The van der Waals surface area contributed by atoms with Gasteiger partial charge in [0, 0.05) is 13.0 Å². The summed E-state index contributed by atoms with van der Waals surface area (Å²) >= 11 is 11.5. The minimum absolute atomic E-state index is 0.326. The lowest BCUT2D eigenvalue weighted by Crippen LogP contribution is -2.17. The van der Waals surface area contributed by atoms with Crippen molar-refractivity contribution in [2.24, 2.45) is 0 Å². The van der Waals surface area contributed by atoms with Crippen molar-refractivity contribution < 1.29 is 13.9 Å². The van der Waals surface area contributed by atoms with E-state index in [1.807, 2.05) is 0 Å². The van der Waals surface area contributed by atoms with Gasteiger partial charge >= 0.3 is 0 Å². The summed E-state index contributed by atoms with van der Waals surface area (Å²) in [5.74, 6) is 0. The Morgan fingerprint density at radius 2 is 2.23 bits per heavy atom. The second kappa shape index (κ2) is 5.53. The zero-order valence-corrected chi connectivity index (χ0v) is 11.1. The standard InChI is InChI=1S/C7H14Cl2O3Si/c8-7(9,12-13)2-1-3-10-4-6-5-11-6/h6H,1-5H2,13H3. The van der Waals surface area contributed by atoms with Crippen LogP contribution in [-0.4, -0.2) is 40.9 Å². The fourth-order valence-corrected chi connectivity index (χ4v) is 1.33. The van der Waals surface area contributed by atoms with Crippen LogP contribution in [0, 0.1) is 0 Å². The fourth-order valence-electron chi connectivity index (χ4n) is 0.861. The zero-order valence-electron chi connectivity index (χ0n) is 7.59. The highest BCUT2D eigenvalue weighted by Crippen LogP contribution is 2.26. The number of hydrogen-bond acceptors (Lipinski definition) is 3. The van der Waals surface area contributed by atoms with Gasteiger partial charge in [-0.1, -0.05) is 23.2 Å². The molecule has 0 aliphatic carbocycles. The first-order valence-corrected chi connectivity index (χ1v) is 5.83. The molecule has 1 unspecified atom stereocenters. The average molecular weight is 245 g/mol. The molecule has 0 aromatic rings. The van der Waals surface area contributed by atoms with Crippen LogP contribution in [0.25, 0.3) is 0 Å². The van der Waals surface area contributed by atoms with Crippen molar-refractivity contribution in [3.63, 3.8) is 0 Å². The van der Waals surface area contributed by atoms with E-state index in [0.29, 0.717) is 36.2 Å². The van der Waals surface area contributed by atoms with E-state index in [-0.39, 0.29) is 0 Å². The van der Waals surface area contributed by atoms with Gasteiger partial charge in [0.25, 0.3) is 0 Å². The molecule has 13 heavy (non-hydrogen) atoms. The normalized spacial score (nSPS) is 22.2. The van der Waals surface area contributed by atoms with Crippen LogP contribution in [0.2, 0.25) is 0 Å². The van der Waals surface area contributed by atoms with E-state index < -0.39 is 4.52 Å². The summed E-state index contributed by atoms with van der Waals surface area (Å²) in [5.41, 5.74) is 0. The predicted molar refractivity (Wildman–Crippen MR) is 55.3 cm³/mol. The summed E-state index contributed by atoms with van der Waals surface area (Å²) < 4.78 is 14.3. The molecule has 1 heterocycles. The summed E-state index contributed by atoms with van der Waals surface area (Å²) in [6.45, 7) is 2.17. The fraction of sp³-hybridized carbons (Fsp3) is 1.00. The van der Waals surface area contributed by atoms with E-state index in [1.165, 1.54) is 0 Å². The molecular weight excluding hydrogens is 231 g/mol. The topological polar surface area (TPSA) is 31.0 Å². The Hall–Kier alpha value is 0.677. The molecule has 0 aromatic carbocycles. The maximum atomic E-state index is 5.77. The van der Waals surface area contributed by atoms with Gasteiger partial charge in [0.2, 0.25) is 4.52 Å². The van der Waals surface area contributed by atoms with Gasteiger partial charge in [-0.2, -0.15) is 0 Å². The van der Waals surface area contributed by atoms with Crippen LogP contribution in [0.3, 0.4) is 0 Å². The van der Waals surface area contributed by atoms with E-state index >= 15 is 0 Å². The Kier molecular flexibility index (Phi) is 5.00. The van der Waals surface area contributed by atoms with Gasteiger partial charge < -0.3 is 13.9 Å². The Balaban J connectivity index is 1.87. The number of epoxide rings is 1. The molecule has 3 nitrogen and oxygen atoms in total. The van der Waals surface area contributed by atoms with E-state index in [9.17, 15) is 0 Å². The third kappa shape index (κ3) is 5.88. The maximum Gasteiger partial charge on any atom is 0.207 e. The molecule has 78 valence electrons. The molecule has 0 amide bonds. The highest BCUT2D eigenvalue weighted by molar-refractivity contribution is 6.48. The number of alkyl halides is 2. The Morgan fingerprint density at radius 3 is 2.77 bits per heavy atom. The Bertz CT molecular complexity index is 153. The Morgan fingerprint density at radius 1 is 1.54 bits per heavy atom. The molecule has 1 aliphatic rings. The zero-order chi connectivity index (χ0) is 9.73. The van der Waals surface area contributed by atoms with Crippen molar-refractivity contribution in [3.8, 4) is 0 Å². The van der Waals surface area contributed by atoms with Crippen LogP contribution in [0.1, 0.15) is 12.8 Å². The number of hydrogen-bond donors (Lipinski definition) is 0. The van der Waals surface area contributed by atoms with Crippen molar-refractivity contribution in [2.45, 2.75) is 23.5 Å². The van der Waals surface area contributed by atoms with Gasteiger partial charge in [0.1, 0.15) is 16.6 Å². The smallest absolute Gasteiger partial charge is 0.207 e. The first-order chi connectivity index (χ1) is 6.14. The van der Waals surface area contributed by atoms with Gasteiger partial charge in [-0.05, 0) is 6.42 Å². The lowest BCUT2D eigenvalue weighted by molar-refractivity contribution is 0.106. The van der Waals surface area contributed by atoms with Crippen LogP contribution in [0.15, 0.2) is 0 Å². The van der Waals surface area contributed by atoms with Crippen LogP contribution >= 0.6 is 23.2 Å². The summed E-state index contributed by atoms with van der Waals surface area (Å²) in [4.78, 5) is 0. The highest BCUT2D eigenvalue weighted by Gasteiger charge is 2.23. The van der Waals surface area contributed by atoms with E-state index in [0.717, 1.165) is 13.0 Å². The lowest BCUT2D eigenvalue weighted by Gasteiger charge is -2.17. The summed E-state index contributed by atoms with van der Waals surface area (Å²) in [5, 5.41) is 0. The molecule has 1 aliphatic heterocycles. The van der Waals surface area contributed by atoms with Crippen LogP contribution in [0.5, 0.6) is 0 Å². The van der Waals surface area contributed by atoms with Crippen molar-refractivity contribution >= 4 is 33.7 Å². The summed E-state index contributed by atoms with van der Waals surface area (Å²) in [6, 6.07) is 0. The third-order valence-corrected chi connectivity index (χ3v) is 3.66. The van der Waals surface area contributed by atoms with Gasteiger partial charge in [0.15, 0.2) is 0 Å². The second-order valence-electron chi connectivity index (χ2n) is 2.98. The average Bonchev–Trinajstić information content (AvgIpc) is 2.87. The van der Waals surface area contributed by atoms with E-state index in [2.05, 4.69) is 0 Å². The second-order valence-corrected chi connectivity index (χ2v) is 4.80. The molecule has 0 bridgehead atoms. The highest BCUT2D eigenvalue weighted by atomic mass is 35.5. The molecule has 0 N–H and O–H groups in total. The molecule has 1 saturated heterocycles. The Labute approximate surface area is 91.2 Å². The van der Waals surface area contributed by atoms with Gasteiger partial charge in [-0.15, -0.1) is 0 Å². The molecule has 1 rings (SSSR count). The minimum atomic E-state index is -1.01. The molecule has 0 aromatic heterocycles. The summed E-state index contributed by atoms with van der Waals surface area (Å²) in [7, 11) is 0.549. The molecule has 1 atom stereocenters. The molecule has 1 fully saturated rings. The maximum absolute atomic E-state index is 5.77. The third-order valence-electron chi connectivity index (χ3n) is 1.76. The SMILES string of the molecule is [SiH3]OC(Cl)(Cl)CCCOCC1CO1. The van der Waals surface area contributed by atoms with Crippen molar-refractivity contribution in [3.05, 3.63) is 0 Å². The largest absolute Gasteiger partial charge is 0.399 e. The van der Waals surface area contributed by atoms with Crippen molar-refractivity contribution in [2.75, 3.05) is 19.8 Å². The summed E-state index contributed by atoms with van der Waals surface area (Å²) in [6.07, 6.45) is 1.74. The molecule has 0 spiro atoms. The molecular formula is C7H14Cl2O3Si. The first-order valence-electron chi connectivity index (χ1n) is 4.26. The number of rotatable bonds is 7. The van der Waals surface area contributed by atoms with Gasteiger partial charge in [-0.25, -0.2) is 0 Å². The molecule has 0 radical (unpaired) electrons. The first kappa shape index (κ1) is 11.7. The molecule has 0 saturated carbocycles. The van der Waals surface area contributed by atoms with Crippen molar-refractivity contribution in [1.29, 1.82) is 0 Å². The van der Waals surface area contributed by atoms with Gasteiger partial charge in [0.05, 0.1) is 13.2 Å². The van der Waals surface area contributed by atoms with Gasteiger partial charge in [-0.3, -0.25) is 0 Å². The lowest BCUT2D eigenvalue weighted by atomic mass is 10.3. The van der Waals surface area contributed by atoms with Crippen LogP contribution < -0.4 is 0 Å². The van der Waals surface area contributed by atoms with Crippen LogP contribution in [0.4, 0.5) is 0 Å². The van der Waals surface area contributed by atoms with Crippen molar-refractivity contribution in [1.82, 2.24) is 0 Å². The van der Waals surface area contributed by atoms with E-state index in [4.69, 9.17) is 37.1 Å². The van der Waals surface area contributed by atoms with E-state index in [1.54, 1.807) is 0 Å². The monoisotopic (exact) mass is 244 g/mol. The minimum Gasteiger partial charge on any atom is -0.399 e. The van der Waals surface area contributed by atoms with Crippen LogP contribution in [-0.2, 0) is 13.9 Å². The number of ether oxygens (including phenoxy) is 2. The quantitative estimate of drug-likeness (QED) is 0.285. The predicted octanol–water partition coefficient (Wildman–Crippen LogP) is 0.610.